The predicted molar refractivity (Wildman–Crippen MR) is 115 cm³/mol. The number of halogens is 1. The Balaban J connectivity index is 1.70. The van der Waals surface area contributed by atoms with Crippen molar-refractivity contribution in [2.24, 2.45) is 0 Å². The van der Waals surface area contributed by atoms with Crippen molar-refractivity contribution >= 4 is 33.3 Å². The largest absolute Gasteiger partial charge is 0.486 e. The molecule has 1 fully saturated rings. The first-order chi connectivity index (χ1) is 15.4. The van der Waals surface area contributed by atoms with Crippen molar-refractivity contribution in [2.45, 2.75) is 10.3 Å². The zero-order valence-corrected chi connectivity index (χ0v) is 18.5. The molecule has 1 unspecified atom stereocenters. The summed E-state index contributed by atoms with van der Waals surface area (Å²) in [5, 5.41) is 0.658. The molecule has 0 bridgehead atoms. The predicted octanol–water partition coefficient (Wildman–Crippen LogP) is 1.50. The molecular weight excluding hydrogens is 460 g/mol. The molecule has 0 aliphatic carbocycles. The van der Waals surface area contributed by atoms with Crippen LogP contribution < -0.4 is 14.8 Å². The van der Waals surface area contributed by atoms with Crippen molar-refractivity contribution in [1.82, 2.24) is 10.2 Å². The Kier molecular flexibility index (Phi) is 6.54. The molecule has 2 heterocycles. The Morgan fingerprint density at radius 1 is 0.969 bits per heavy atom. The lowest BCUT2D eigenvalue weighted by molar-refractivity contribution is -0.135. The average Bonchev–Trinajstić information content (AvgIpc) is 2.82. The summed E-state index contributed by atoms with van der Waals surface area (Å²) in [5.74, 6) is -0.856. The number of rotatable bonds is 5. The van der Waals surface area contributed by atoms with Gasteiger partial charge in [0.1, 0.15) is 13.2 Å². The van der Waals surface area contributed by atoms with E-state index in [1.54, 1.807) is 12.1 Å². The Morgan fingerprint density at radius 2 is 1.66 bits per heavy atom. The van der Waals surface area contributed by atoms with Crippen LogP contribution in [-0.4, -0.2) is 70.0 Å². The van der Waals surface area contributed by atoms with E-state index in [0.717, 1.165) is 0 Å². The second-order valence-electron chi connectivity index (χ2n) is 7.12. The van der Waals surface area contributed by atoms with Crippen molar-refractivity contribution in [2.75, 3.05) is 39.5 Å². The summed E-state index contributed by atoms with van der Waals surface area (Å²) in [7, 11) is -4.34. The zero-order valence-electron chi connectivity index (χ0n) is 17.0. The fraction of sp³-hybridized carbons (Fsp3) is 0.333. The summed E-state index contributed by atoms with van der Waals surface area (Å²) in [4.78, 5) is 27.3. The molecule has 170 valence electrons. The number of ether oxygens (including phenoxy) is 3. The van der Waals surface area contributed by atoms with Gasteiger partial charge >= 0.3 is 0 Å². The fourth-order valence-corrected chi connectivity index (χ4v) is 5.10. The highest BCUT2D eigenvalue weighted by molar-refractivity contribution is 7.92. The number of benzene rings is 2. The van der Waals surface area contributed by atoms with Crippen LogP contribution in [0.2, 0.25) is 5.02 Å². The highest BCUT2D eigenvalue weighted by atomic mass is 35.5. The maximum Gasteiger partial charge on any atom is 0.261 e. The normalized spacial score (nSPS) is 16.8. The van der Waals surface area contributed by atoms with Gasteiger partial charge in [-0.15, -0.1) is 0 Å². The smallest absolute Gasteiger partial charge is 0.261 e. The van der Waals surface area contributed by atoms with Crippen molar-refractivity contribution in [3.63, 3.8) is 0 Å². The van der Waals surface area contributed by atoms with E-state index >= 15 is 0 Å². The molecule has 2 aliphatic heterocycles. The van der Waals surface area contributed by atoms with Crippen LogP contribution in [0, 0.1) is 0 Å². The molecule has 0 aromatic heterocycles. The van der Waals surface area contributed by atoms with Gasteiger partial charge in [-0.2, -0.15) is 0 Å². The van der Waals surface area contributed by atoms with Crippen molar-refractivity contribution < 1.29 is 32.2 Å². The van der Waals surface area contributed by atoms with E-state index < -0.39 is 27.0 Å². The first-order valence-electron chi connectivity index (χ1n) is 9.93. The number of nitrogens with zero attached hydrogens (tertiary/aromatic N) is 1. The van der Waals surface area contributed by atoms with E-state index in [9.17, 15) is 18.0 Å². The Morgan fingerprint density at radius 3 is 2.38 bits per heavy atom. The highest BCUT2D eigenvalue weighted by Crippen LogP contribution is 2.33. The van der Waals surface area contributed by atoms with Gasteiger partial charge < -0.3 is 24.4 Å². The molecule has 4 rings (SSSR count). The molecule has 0 spiro atoms. The standard InChI is InChI=1S/C21H21ClN2O7S/c22-16-4-2-1-3-15(16)19(25)23-20(21(26)24-7-9-29-10-8-24)32(27,28)14-5-6-17-18(13-14)31-12-11-30-17/h1-6,13,20H,7-12H2,(H,23,25). The summed E-state index contributed by atoms with van der Waals surface area (Å²) in [6.45, 7) is 1.62. The maximum absolute atomic E-state index is 13.5. The molecule has 32 heavy (non-hydrogen) atoms. The van der Waals surface area contributed by atoms with E-state index in [1.807, 2.05) is 0 Å². The lowest BCUT2D eigenvalue weighted by Gasteiger charge is -2.30. The zero-order chi connectivity index (χ0) is 22.7. The third-order valence-electron chi connectivity index (χ3n) is 5.08. The molecule has 0 saturated carbocycles. The summed E-state index contributed by atoms with van der Waals surface area (Å²) in [6.07, 6.45) is 0. The molecule has 0 radical (unpaired) electrons. The number of carbonyl (C=O) groups is 2. The number of hydrogen-bond donors (Lipinski definition) is 1. The second-order valence-corrected chi connectivity index (χ2v) is 9.56. The van der Waals surface area contributed by atoms with Crippen molar-refractivity contribution in [3.8, 4) is 11.5 Å². The average molecular weight is 481 g/mol. The molecule has 2 aromatic rings. The molecular formula is C21H21ClN2O7S. The molecule has 2 aromatic carbocycles. The summed E-state index contributed by atoms with van der Waals surface area (Å²) < 4.78 is 43.2. The van der Waals surface area contributed by atoms with Crippen LogP contribution in [0.15, 0.2) is 47.4 Å². The van der Waals surface area contributed by atoms with Crippen LogP contribution in [0.25, 0.3) is 0 Å². The van der Waals surface area contributed by atoms with Gasteiger partial charge in [0.25, 0.3) is 11.8 Å². The minimum atomic E-state index is -4.34. The Bertz CT molecular complexity index is 1130. The van der Waals surface area contributed by atoms with Gasteiger partial charge in [-0.3, -0.25) is 9.59 Å². The van der Waals surface area contributed by atoms with Gasteiger partial charge in [-0.1, -0.05) is 23.7 Å². The van der Waals surface area contributed by atoms with Crippen LogP contribution in [0.1, 0.15) is 10.4 Å². The summed E-state index contributed by atoms with van der Waals surface area (Å²) >= 11 is 6.09. The summed E-state index contributed by atoms with van der Waals surface area (Å²) in [6, 6.07) is 10.3. The molecule has 1 N–H and O–H groups in total. The van der Waals surface area contributed by atoms with Crippen LogP contribution >= 0.6 is 11.6 Å². The number of nitrogens with one attached hydrogen (secondary N) is 1. The van der Waals surface area contributed by atoms with Crippen LogP contribution in [-0.2, 0) is 19.4 Å². The van der Waals surface area contributed by atoms with Crippen LogP contribution in [0.4, 0.5) is 0 Å². The monoisotopic (exact) mass is 480 g/mol. The third kappa shape index (κ3) is 4.52. The van der Waals surface area contributed by atoms with Crippen molar-refractivity contribution in [1.29, 1.82) is 0 Å². The number of amides is 2. The maximum atomic E-state index is 13.5. The van der Waals surface area contributed by atoms with E-state index in [0.29, 0.717) is 12.4 Å². The van der Waals surface area contributed by atoms with Crippen LogP contribution in [0.5, 0.6) is 11.5 Å². The topological polar surface area (TPSA) is 111 Å². The third-order valence-corrected chi connectivity index (χ3v) is 7.26. The molecule has 9 nitrogen and oxygen atoms in total. The molecule has 2 aliphatic rings. The fourth-order valence-electron chi connectivity index (χ4n) is 3.40. The Hall–Kier alpha value is -2.82. The number of sulfone groups is 1. The lowest BCUT2D eigenvalue weighted by atomic mass is 10.2. The number of fused-ring (bicyclic) bond motifs is 1. The lowest BCUT2D eigenvalue weighted by Crippen LogP contribution is -2.55. The van der Waals surface area contributed by atoms with E-state index in [-0.39, 0.29) is 54.1 Å². The minimum Gasteiger partial charge on any atom is -0.486 e. The van der Waals surface area contributed by atoms with E-state index in [2.05, 4.69) is 5.32 Å². The van der Waals surface area contributed by atoms with Crippen LogP contribution in [0.3, 0.4) is 0 Å². The second kappa shape index (κ2) is 9.35. The first-order valence-corrected chi connectivity index (χ1v) is 11.9. The number of carbonyl (C=O) groups excluding carboxylic acids is 2. The van der Waals surface area contributed by atoms with Crippen molar-refractivity contribution in [3.05, 3.63) is 53.1 Å². The van der Waals surface area contributed by atoms with Gasteiger partial charge in [0, 0.05) is 19.2 Å². The first kappa shape index (κ1) is 22.4. The Labute approximate surface area is 190 Å². The highest BCUT2D eigenvalue weighted by Gasteiger charge is 2.39. The summed E-state index contributed by atoms with van der Waals surface area (Å²) in [5.41, 5.74) is 0.0614. The van der Waals surface area contributed by atoms with E-state index in [1.165, 1.54) is 35.2 Å². The minimum absolute atomic E-state index is 0.0614. The molecule has 2 amide bonds. The van der Waals surface area contributed by atoms with Gasteiger partial charge in [0.05, 0.1) is 28.7 Å². The van der Waals surface area contributed by atoms with E-state index in [4.69, 9.17) is 25.8 Å². The quantitative estimate of drug-likeness (QED) is 0.690. The molecule has 1 atom stereocenters. The molecule has 1 saturated heterocycles. The van der Waals surface area contributed by atoms with Gasteiger partial charge in [0.15, 0.2) is 11.5 Å². The van der Waals surface area contributed by atoms with Gasteiger partial charge in [0.2, 0.25) is 15.2 Å². The number of morpholine rings is 1. The van der Waals surface area contributed by atoms with Gasteiger partial charge in [-0.05, 0) is 24.3 Å². The SMILES string of the molecule is O=C(NC(C(=O)N1CCOCC1)S(=O)(=O)c1ccc2c(c1)OCCO2)c1ccccc1Cl. The number of hydrogen-bond acceptors (Lipinski definition) is 7. The van der Waals surface area contributed by atoms with Gasteiger partial charge in [-0.25, -0.2) is 8.42 Å². The molecule has 11 heteroatoms.